The van der Waals surface area contributed by atoms with E-state index in [2.05, 4.69) is 20.3 Å². The van der Waals surface area contributed by atoms with Crippen LogP contribution in [0.25, 0.3) is 0 Å². The van der Waals surface area contributed by atoms with Gasteiger partial charge in [-0.3, -0.25) is 4.79 Å². The van der Waals surface area contributed by atoms with E-state index >= 15 is 0 Å². The van der Waals surface area contributed by atoms with Gasteiger partial charge in [-0.15, -0.1) is 0 Å². The summed E-state index contributed by atoms with van der Waals surface area (Å²) in [7, 11) is 1.63. The predicted molar refractivity (Wildman–Crippen MR) is 131 cm³/mol. The topological polar surface area (TPSA) is 115 Å². The van der Waals surface area contributed by atoms with Crippen LogP contribution in [0.5, 0.6) is 5.75 Å². The molecule has 0 bridgehead atoms. The Morgan fingerprint density at radius 3 is 2.79 bits per heavy atom. The molecule has 1 atom stereocenters. The smallest absolute Gasteiger partial charge is 0.227 e. The third kappa shape index (κ3) is 5.92. The molecule has 9 nitrogen and oxygen atoms in total. The summed E-state index contributed by atoms with van der Waals surface area (Å²) in [5.74, 6) is 1.54. The fourth-order valence-corrected chi connectivity index (χ4v) is 4.05. The van der Waals surface area contributed by atoms with Crippen molar-refractivity contribution in [3.05, 3.63) is 64.4 Å². The van der Waals surface area contributed by atoms with Gasteiger partial charge in [0.25, 0.3) is 0 Å². The van der Waals surface area contributed by atoms with E-state index in [1.165, 1.54) is 0 Å². The number of rotatable bonds is 9. The van der Waals surface area contributed by atoms with Crippen LogP contribution < -0.4 is 20.7 Å². The van der Waals surface area contributed by atoms with Gasteiger partial charge in [0.15, 0.2) is 5.82 Å². The van der Waals surface area contributed by atoms with Crippen molar-refractivity contribution < 1.29 is 14.3 Å². The summed E-state index contributed by atoms with van der Waals surface area (Å²) in [6.45, 7) is 3.19. The lowest BCUT2D eigenvalue weighted by atomic mass is 10.1. The second kappa shape index (κ2) is 10.7. The zero-order valence-electron chi connectivity index (χ0n) is 19.1. The molecule has 0 radical (unpaired) electrons. The summed E-state index contributed by atoms with van der Waals surface area (Å²) in [6.07, 6.45) is 1.19. The number of ether oxygens (including phenoxy) is 2. The van der Waals surface area contributed by atoms with Crippen molar-refractivity contribution in [1.82, 2.24) is 15.0 Å². The molecule has 1 amide bonds. The van der Waals surface area contributed by atoms with Crippen molar-refractivity contribution in [1.29, 1.82) is 0 Å². The summed E-state index contributed by atoms with van der Waals surface area (Å²) in [5.41, 5.74) is 8.66. The minimum absolute atomic E-state index is 0.0837. The summed E-state index contributed by atoms with van der Waals surface area (Å²) < 4.78 is 11.5. The van der Waals surface area contributed by atoms with E-state index in [9.17, 15) is 4.79 Å². The second-order valence-corrected chi connectivity index (χ2v) is 8.47. The molecule has 2 heterocycles. The number of nitrogens with zero attached hydrogens (tertiary/aromatic N) is 4. The van der Waals surface area contributed by atoms with Crippen LogP contribution in [-0.4, -0.2) is 41.1 Å². The van der Waals surface area contributed by atoms with Crippen LogP contribution in [0.1, 0.15) is 35.9 Å². The van der Waals surface area contributed by atoms with Crippen molar-refractivity contribution in [2.75, 3.05) is 36.1 Å². The number of methoxy groups -OCH3 is 1. The van der Waals surface area contributed by atoms with Gasteiger partial charge < -0.3 is 25.4 Å². The quantitative estimate of drug-likeness (QED) is 0.471. The summed E-state index contributed by atoms with van der Waals surface area (Å²) >= 11 is 6.09. The highest BCUT2D eigenvalue weighted by atomic mass is 35.5. The van der Waals surface area contributed by atoms with Gasteiger partial charge in [-0.05, 0) is 48.7 Å². The van der Waals surface area contributed by atoms with Crippen molar-refractivity contribution in [2.24, 2.45) is 0 Å². The van der Waals surface area contributed by atoms with E-state index in [0.717, 1.165) is 29.8 Å². The van der Waals surface area contributed by atoms with E-state index in [1.54, 1.807) is 12.0 Å². The highest BCUT2D eigenvalue weighted by Crippen LogP contribution is 2.28. The highest BCUT2D eigenvalue weighted by molar-refractivity contribution is 6.30. The number of aryl methyl sites for hydroxylation is 1. The normalized spacial score (nSPS) is 14.3. The Kier molecular flexibility index (Phi) is 7.44. The molecule has 34 heavy (non-hydrogen) atoms. The molecule has 1 unspecified atom stereocenters. The molecule has 1 aliphatic heterocycles. The number of hydrogen-bond acceptors (Lipinski definition) is 8. The number of anilines is 3. The van der Waals surface area contributed by atoms with Crippen LogP contribution in [0.15, 0.2) is 42.5 Å². The minimum atomic E-state index is -0.254. The maximum Gasteiger partial charge on any atom is 0.227 e. The number of nitrogens with two attached hydrogens (primary N) is 1. The summed E-state index contributed by atoms with van der Waals surface area (Å²) in [4.78, 5) is 26.7. The molecule has 0 spiro atoms. The van der Waals surface area contributed by atoms with Gasteiger partial charge in [-0.25, -0.2) is 0 Å². The molecule has 10 heteroatoms. The maximum atomic E-state index is 12.1. The van der Waals surface area contributed by atoms with Gasteiger partial charge in [-0.1, -0.05) is 23.7 Å². The van der Waals surface area contributed by atoms with Crippen molar-refractivity contribution in [3.63, 3.8) is 0 Å². The number of halogens is 1. The number of carbonyl (C=O) groups is 1. The minimum Gasteiger partial charge on any atom is -0.486 e. The first-order valence-electron chi connectivity index (χ1n) is 11.0. The molecule has 1 aliphatic rings. The molecule has 178 valence electrons. The van der Waals surface area contributed by atoms with Gasteiger partial charge >= 0.3 is 0 Å². The number of benzene rings is 2. The first-order chi connectivity index (χ1) is 16.4. The van der Waals surface area contributed by atoms with Gasteiger partial charge in [0.2, 0.25) is 17.8 Å². The average molecular weight is 483 g/mol. The number of hydrogen-bond donors (Lipinski definition) is 2. The molecule has 0 saturated carbocycles. The number of aromatic nitrogens is 3. The van der Waals surface area contributed by atoms with Gasteiger partial charge in [0.05, 0.1) is 6.10 Å². The average Bonchev–Trinajstić information content (AvgIpc) is 3.23. The first-order valence-corrected chi connectivity index (χ1v) is 11.4. The molecule has 3 N–H and O–H groups in total. The first kappa shape index (κ1) is 23.7. The van der Waals surface area contributed by atoms with Gasteiger partial charge in [0.1, 0.15) is 12.4 Å². The fraction of sp³-hybridized carbons (Fsp3) is 0.333. The number of amides is 1. The Balaban J connectivity index is 1.42. The summed E-state index contributed by atoms with van der Waals surface area (Å²) in [6, 6.07) is 13.2. The maximum absolute atomic E-state index is 12.1. The van der Waals surface area contributed by atoms with E-state index in [1.807, 2.05) is 49.4 Å². The summed E-state index contributed by atoms with van der Waals surface area (Å²) in [5, 5.41) is 3.78. The van der Waals surface area contributed by atoms with Crippen molar-refractivity contribution in [2.45, 2.75) is 32.5 Å². The van der Waals surface area contributed by atoms with E-state index in [0.29, 0.717) is 35.5 Å². The molecule has 2 aromatic carbocycles. The van der Waals surface area contributed by atoms with Crippen molar-refractivity contribution in [3.8, 4) is 5.75 Å². The highest BCUT2D eigenvalue weighted by Gasteiger charge is 2.22. The monoisotopic (exact) mass is 482 g/mol. The Morgan fingerprint density at radius 1 is 1.21 bits per heavy atom. The number of carbonyl (C=O) groups excluding carboxylic acids is 1. The zero-order chi connectivity index (χ0) is 24.1. The molecular formula is C24H27ClN6O3. The predicted octanol–water partition coefficient (Wildman–Crippen LogP) is 3.92. The molecular weight excluding hydrogens is 456 g/mol. The molecule has 1 fully saturated rings. The third-order valence-electron chi connectivity index (χ3n) is 5.44. The van der Waals surface area contributed by atoms with E-state index in [-0.39, 0.29) is 24.6 Å². The lowest BCUT2D eigenvalue weighted by molar-refractivity contribution is -0.117. The Morgan fingerprint density at radius 2 is 2.06 bits per heavy atom. The lowest BCUT2D eigenvalue weighted by Gasteiger charge is -2.18. The Hall–Kier alpha value is -3.43. The zero-order valence-corrected chi connectivity index (χ0v) is 19.9. The molecule has 4 rings (SSSR count). The molecule has 1 aromatic heterocycles. The number of nitrogens with one attached hydrogen (secondary N) is 1. The van der Waals surface area contributed by atoms with Gasteiger partial charge in [-0.2, -0.15) is 15.0 Å². The van der Waals surface area contributed by atoms with Crippen LogP contribution in [0, 0.1) is 6.92 Å². The van der Waals surface area contributed by atoms with Crippen molar-refractivity contribution >= 4 is 35.1 Å². The fourth-order valence-electron chi connectivity index (χ4n) is 3.85. The molecule has 0 aliphatic carbocycles. The van der Waals surface area contributed by atoms with Gasteiger partial charge in [0, 0.05) is 43.4 Å². The second-order valence-electron chi connectivity index (χ2n) is 8.04. The Bertz CT molecular complexity index is 1180. The lowest BCUT2D eigenvalue weighted by Crippen LogP contribution is -2.23. The SMILES string of the molecule is COC(CNc1nc(N)nc(COc2cc(C)cc(N3CCCC3=O)c2)n1)c1cccc(Cl)c1. The van der Waals surface area contributed by atoms with E-state index < -0.39 is 0 Å². The van der Waals surface area contributed by atoms with Crippen LogP contribution in [0.4, 0.5) is 17.6 Å². The van der Waals surface area contributed by atoms with E-state index in [4.69, 9.17) is 26.8 Å². The van der Waals surface area contributed by atoms with Crippen LogP contribution in [0.3, 0.4) is 0 Å². The number of nitrogen functional groups attached to an aromatic ring is 1. The van der Waals surface area contributed by atoms with Crippen LogP contribution >= 0.6 is 11.6 Å². The molecule has 3 aromatic rings. The largest absolute Gasteiger partial charge is 0.486 e. The Labute approximate surface area is 203 Å². The van der Waals surface area contributed by atoms with Crippen LogP contribution in [-0.2, 0) is 16.1 Å². The third-order valence-corrected chi connectivity index (χ3v) is 5.67. The molecule has 1 saturated heterocycles. The standard InChI is InChI=1S/C24H27ClN6O3/c1-15-9-18(31-8-4-7-22(31)32)12-19(10-15)34-14-21-28-23(26)30-24(29-21)27-13-20(33-2)16-5-3-6-17(25)11-16/h3,5-6,9-12,20H,4,7-8,13-14H2,1-2H3,(H3,26,27,28,29,30). The van der Waals surface area contributed by atoms with Crippen LogP contribution in [0.2, 0.25) is 5.02 Å².